The normalized spacial score (nSPS) is 11.7. The summed E-state index contributed by atoms with van der Waals surface area (Å²) >= 11 is 0. The first-order valence-corrected chi connectivity index (χ1v) is 9.55. The molecule has 0 saturated carbocycles. The van der Waals surface area contributed by atoms with E-state index in [9.17, 15) is 26.7 Å². The Hall–Kier alpha value is -3.75. The fourth-order valence-corrected chi connectivity index (χ4v) is 3.37. The van der Waals surface area contributed by atoms with Crippen LogP contribution in [0.4, 0.5) is 22.0 Å². The lowest BCUT2D eigenvalue weighted by atomic mass is 10.1. The number of carbonyl (C=O) groups excluding carboxylic acids is 1. The number of benzene rings is 3. The monoisotopic (exact) mass is 445 g/mol. The van der Waals surface area contributed by atoms with E-state index in [2.05, 4.69) is 10.4 Å². The molecular formula is C23H16F5N3O. The van der Waals surface area contributed by atoms with Crippen molar-refractivity contribution >= 4 is 16.8 Å². The van der Waals surface area contributed by atoms with Crippen molar-refractivity contribution < 1.29 is 26.7 Å². The fraction of sp³-hybridized carbons (Fsp3) is 0.130. The number of fused-ring (bicyclic) bond motifs is 1. The van der Waals surface area contributed by atoms with Crippen LogP contribution in [0.2, 0.25) is 0 Å². The highest BCUT2D eigenvalue weighted by atomic mass is 19.4. The number of aromatic nitrogens is 2. The van der Waals surface area contributed by atoms with Crippen molar-refractivity contribution in [1.29, 1.82) is 0 Å². The van der Waals surface area contributed by atoms with E-state index in [0.29, 0.717) is 16.5 Å². The number of carbonyl (C=O) groups is 1. The topological polar surface area (TPSA) is 46.9 Å². The van der Waals surface area contributed by atoms with Crippen molar-refractivity contribution in [3.63, 3.8) is 0 Å². The Kier molecular flexibility index (Phi) is 5.65. The molecule has 1 N–H and O–H groups in total. The molecule has 164 valence electrons. The standard InChI is InChI=1S/C23H16F5N3O/c24-17-8-7-15(20(25)10-17)13-31-21-6-2-5-18(19(21)12-30-31)22(32)29-11-14-3-1-4-16(9-14)23(26,27)28/h1-10,12H,11,13H2,(H,29,32). The first kappa shape index (κ1) is 21.5. The van der Waals surface area contributed by atoms with E-state index in [1.54, 1.807) is 18.2 Å². The van der Waals surface area contributed by atoms with Crippen molar-refractivity contribution in [2.75, 3.05) is 0 Å². The number of amides is 1. The number of hydrogen-bond acceptors (Lipinski definition) is 2. The second-order valence-corrected chi connectivity index (χ2v) is 7.16. The van der Waals surface area contributed by atoms with Gasteiger partial charge in [0.15, 0.2) is 0 Å². The molecule has 0 aliphatic rings. The summed E-state index contributed by atoms with van der Waals surface area (Å²) in [7, 11) is 0. The van der Waals surface area contributed by atoms with E-state index in [0.717, 1.165) is 24.3 Å². The molecular weight excluding hydrogens is 429 g/mol. The minimum absolute atomic E-state index is 0.0327. The summed E-state index contributed by atoms with van der Waals surface area (Å²) < 4.78 is 67.2. The number of nitrogens with one attached hydrogen (secondary N) is 1. The lowest BCUT2D eigenvalue weighted by Crippen LogP contribution is -2.23. The number of halogens is 5. The third-order valence-corrected chi connectivity index (χ3v) is 4.97. The van der Waals surface area contributed by atoms with E-state index < -0.39 is 29.3 Å². The molecule has 4 nitrogen and oxygen atoms in total. The molecule has 1 amide bonds. The van der Waals surface area contributed by atoms with Crippen LogP contribution in [-0.2, 0) is 19.3 Å². The Labute approximate surface area is 179 Å². The summed E-state index contributed by atoms with van der Waals surface area (Å²) in [5, 5.41) is 7.32. The minimum atomic E-state index is -4.47. The number of alkyl halides is 3. The summed E-state index contributed by atoms with van der Waals surface area (Å²) in [5.41, 5.74) is 0.583. The molecule has 4 rings (SSSR count). The van der Waals surface area contributed by atoms with Gasteiger partial charge in [-0.15, -0.1) is 0 Å². The zero-order valence-corrected chi connectivity index (χ0v) is 16.5. The van der Waals surface area contributed by atoms with Crippen LogP contribution in [0.15, 0.2) is 66.9 Å². The van der Waals surface area contributed by atoms with E-state index >= 15 is 0 Å². The van der Waals surface area contributed by atoms with Crippen molar-refractivity contribution in [2.24, 2.45) is 0 Å². The van der Waals surface area contributed by atoms with Gasteiger partial charge in [-0.1, -0.05) is 24.3 Å². The van der Waals surface area contributed by atoms with Gasteiger partial charge < -0.3 is 5.32 Å². The predicted octanol–water partition coefficient (Wildman–Crippen LogP) is 5.31. The molecule has 0 aliphatic heterocycles. The predicted molar refractivity (Wildman–Crippen MR) is 108 cm³/mol. The van der Waals surface area contributed by atoms with Gasteiger partial charge in [-0.3, -0.25) is 9.48 Å². The fourth-order valence-electron chi connectivity index (χ4n) is 3.37. The summed E-state index contributed by atoms with van der Waals surface area (Å²) in [5.74, 6) is -1.87. The number of nitrogens with zero attached hydrogens (tertiary/aromatic N) is 2. The maximum Gasteiger partial charge on any atom is 0.416 e. The number of rotatable bonds is 5. The molecule has 1 heterocycles. The summed E-state index contributed by atoms with van der Waals surface area (Å²) in [6.45, 7) is -0.0566. The van der Waals surface area contributed by atoms with Crippen molar-refractivity contribution in [1.82, 2.24) is 15.1 Å². The quantitative estimate of drug-likeness (QED) is 0.423. The molecule has 32 heavy (non-hydrogen) atoms. The molecule has 0 atom stereocenters. The van der Waals surface area contributed by atoms with Crippen molar-refractivity contribution in [3.05, 3.63) is 101 Å². The Morgan fingerprint density at radius 1 is 1.00 bits per heavy atom. The molecule has 0 spiro atoms. The summed E-state index contributed by atoms with van der Waals surface area (Å²) in [6.07, 6.45) is -3.01. The Balaban J connectivity index is 1.54. The Morgan fingerprint density at radius 3 is 2.53 bits per heavy atom. The largest absolute Gasteiger partial charge is 0.416 e. The molecule has 0 bridgehead atoms. The van der Waals surface area contributed by atoms with Gasteiger partial charge in [-0.25, -0.2) is 8.78 Å². The van der Waals surface area contributed by atoms with Gasteiger partial charge in [0.05, 0.1) is 29.4 Å². The summed E-state index contributed by atoms with van der Waals surface area (Å²) in [6, 6.07) is 12.9. The van der Waals surface area contributed by atoms with E-state index in [1.807, 2.05) is 0 Å². The average molecular weight is 445 g/mol. The van der Waals surface area contributed by atoms with Crippen LogP contribution in [0.25, 0.3) is 10.9 Å². The first-order valence-electron chi connectivity index (χ1n) is 9.55. The van der Waals surface area contributed by atoms with E-state index in [-0.39, 0.29) is 24.2 Å². The Bertz CT molecular complexity index is 1300. The van der Waals surface area contributed by atoms with E-state index in [1.165, 1.54) is 29.1 Å². The lowest BCUT2D eigenvalue weighted by molar-refractivity contribution is -0.137. The highest BCUT2D eigenvalue weighted by molar-refractivity contribution is 6.06. The van der Waals surface area contributed by atoms with Gasteiger partial charge in [0.2, 0.25) is 0 Å². The smallest absolute Gasteiger partial charge is 0.348 e. The van der Waals surface area contributed by atoms with Crippen LogP contribution in [0.1, 0.15) is 27.0 Å². The van der Waals surface area contributed by atoms with Gasteiger partial charge in [0, 0.05) is 23.6 Å². The van der Waals surface area contributed by atoms with E-state index in [4.69, 9.17) is 0 Å². The van der Waals surface area contributed by atoms with Gasteiger partial charge in [-0.2, -0.15) is 18.3 Å². The van der Waals surface area contributed by atoms with Gasteiger partial charge in [0.1, 0.15) is 11.6 Å². The first-order chi connectivity index (χ1) is 15.2. The lowest BCUT2D eigenvalue weighted by Gasteiger charge is -2.10. The van der Waals surface area contributed by atoms with Crippen LogP contribution < -0.4 is 5.32 Å². The van der Waals surface area contributed by atoms with Gasteiger partial charge in [-0.05, 0) is 35.9 Å². The van der Waals surface area contributed by atoms with Crippen LogP contribution in [-0.4, -0.2) is 15.7 Å². The second kappa shape index (κ2) is 8.41. The maximum absolute atomic E-state index is 14.0. The average Bonchev–Trinajstić information content (AvgIpc) is 3.16. The molecule has 0 fully saturated rings. The van der Waals surface area contributed by atoms with Crippen LogP contribution in [0.5, 0.6) is 0 Å². The third kappa shape index (κ3) is 4.46. The SMILES string of the molecule is O=C(NCc1cccc(C(F)(F)F)c1)c1cccc2c1cnn2Cc1ccc(F)cc1F. The molecule has 0 saturated heterocycles. The molecule has 3 aromatic carbocycles. The number of hydrogen-bond donors (Lipinski definition) is 1. The highest BCUT2D eigenvalue weighted by Crippen LogP contribution is 2.29. The van der Waals surface area contributed by atoms with Gasteiger partial charge >= 0.3 is 6.18 Å². The van der Waals surface area contributed by atoms with Crippen LogP contribution in [0.3, 0.4) is 0 Å². The molecule has 9 heteroatoms. The molecule has 0 radical (unpaired) electrons. The molecule has 1 aromatic heterocycles. The van der Waals surface area contributed by atoms with Crippen molar-refractivity contribution in [3.8, 4) is 0 Å². The molecule has 0 unspecified atom stereocenters. The molecule has 4 aromatic rings. The van der Waals surface area contributed by atoms with Gasteiger partial charge in [0.25, 0.3) is 5.91 Å². The van der Waals surface area contributed by atoms with Crippen LogP contribution >= 0.6 is 0 Å². The van der Waals surface area contributed by atoms with Crippen LogP contribution in [0, 0.1) is 11.6 Å². The zero-order chi connectivity index (χ0) is 22.9. The second-order valence-electron chi connectivity index (χ2n) is 7.16. The Morgan fingerprint density at radius 2 is 1.78 bits per heavy atom. The minimum Gasteiger partial charge on any atom is -0.348 e. The molecule has 0 aliphatic carbocycles. The zero-order valence-electron chi connectivity index (χ0n) is 16.5. The maximum atomic E-state index is 14.0. The van der Waals surface area contributed by atoms with Crippen molar-refractivity contribution in [2.45, 2.75) is 19.3 Å². The highest BCUT2D eigenvalue weighted by Gasteiger charge is 2.30. The summed E-state index contributed by atoms with van der Waals surface area (Å²) in [4.78, 5) is 12.7. The third-order valence-electron chi connectivity index (χ3n) is 4.97.